The van der Waals surface area contributed by atoms with Crippen LogP contribution < -0.4 is 9.80 Å². The van der Waals surface area contributed by atoms with Crippen LogP contribution in [0.5, 0.6) is 0 Å². The number of pyridine rings is 1. The summed E-state index contributed by atoms with van der Waals surface area (Å²) < 4.78 is 2.18. The van der Waals surface area contributed by atoms with Gasteiger partial charge in [-0.1, -0.05) is 17.4 Å². The number of anilines is 2. The van der Waals surface area contributed by atoms with Crippen LogP contribution >= 0.6 is 11.3 Å². The van der Waals surface area contributed by atoms with Crippen LogP contribution in [-0.2, 0) is 6.54 Å². The van der Waals surface area contributed by atoms with E-state index in [1.807, 2.05) is 12.3 Å². The van der Waals surface area contributed by atoms with Gasteiger partial charge in [-0.05, 0) is 38.1 Å². The summed E-state index contributed by atoms with van der Waals surface area (Å²) in [7, 11) is 0. The van der Waals surface area contributed by atoms with Crippen molar-refractivity contribution in [1.82, 2.24) is 24.6 Å². The Bertz CT molecular complexity index is 864. The molecule has 28 heavy (non-hydrogen) atoms. The second kappa shape index (κ2) is 8.70. The van der Waals surface area contributed by atoms with Gasteiger partial charge < -0.3 is 9.80 Å². The Morgan fingerprint density at radius 1 is 1.00 bits per heavy atom. The molecule has 0 amide bonds. The molecule has 1 aliphatic rings. The molecule has 7 nitrogen and oxygen atoms in total. The molecule has 8 heteroatoms. The Morgan fingerprint density at radius 3 is 2.54 bits per heavy atom. The first-order valence-corrected chi connectivity index (χ1v) is 10.7. The largest absolute Gasteiger partial charge is 0.354 e. The highest BCUT2D eigenvalue weighted by Crippen LogP contribution is 2.25. The molecule has 4 heterocycles. The maximum atomic E-state index is 4.47. The van der Waals surface area contributed by atoms with Crippen LogP contribution in [-0.4, -0.2) is 63.9 Å². The molecular formula is C20H27N7S. The van der Waals surface area contributed by atoms with E-state index in [-0.39, 0.29) is 0 Å². The Balaban J connectivity index is 1.40. The van der Waals surface area contributed by atoms with E-state index in [9.17, 15) is 0 Å². The van der Waals surface area contributed by atoms with Crippen LogP contribution in [0.15, 0.2) is 42.7 Å². The molecule has 0 spiro atoms. The van der Waals surface area contributed by atoms with Crippen molar-refractivity contribution in [2.24, 2.45) is 0 Å². The Labute approximate surface area is 170 Å². The van der Waals surface area contributed by atoms with Crippen LogP contribution in [0, 0.1) is 0 Å². The van der Waals surface area contributed by atoms with E-state index < -0.39 is 0 Å². The van der Waals surface area contributed by atoms with E-state index in [0.29, 0.717) is 0 Å². The van der Waals surface area contributed by atoms with Crippen LogP contribution in [0.1, 0.15) is 19.5 Å². The Hall–Kier alpha value is -2.45. The van der Waals surface area contributed by atoms with E-state index in [2.05, 4.69) is 78.8 Å². The summed E-state index contributed by atoms with van der Waals surface area (Å²) in [5, 5.41) is 10.8. The van der Waals surface area contributed by atoms with Crippen LogP contribution in [0.4, 0.5) is 10.9 Å². The Kier molecular flexibility index (Phi) is 5.87. The highest BCUT2D eigenvalue weighted by Gasteiger charge is 2.20. The zero-order chi connectivity index (χ0) is 19.3. The highest BCUT2D eigenvalue weighted by atomic mass is 32.1. The molecule has 3 aromatic heterocycles. The second-order valence-electron chi connectivity index (χ2n) is 6.86. The van der Waals surface area contributed by atoms with Gasteiger partial charge in [-0.15, -0.1) is 10.2 Å². The van der Waals surface area contributed by atoms with Gasteiger partial charge in [0.15, 0.2) is 0 Å². The van der Waals surface area contributed by atoms with Crippen molar-refractivity contribution in [3.8, 4) is 5.13 Å². The zero-order valence-electron chi connectivity index (χ0n) is 16.5. The number of rotatable bonds is 7. The average Bonchev–Trinajstić information content (AvgIpc) is 3.40. The minimum atomic E-state index is 0.920. The number of nitrogens with zero attached hydrogens (tertiary/aromatic N) is 7. The predicted molar refractivity (Wildman–Crippen MR) is 115 cm³/mol. The minimum Gasteiger partial charge on any atom is -0.354 e. The van der Waals surface area contributed by atoms with E-state index in [4.69, 9.17) is 0 Å². The molecule has 0 atom stereocenters. The van der Waals surface area contributed by atoms with Crippen molar-refractivity contribution in [3.63, 3.8) is 0 Å². The fraction of sp³-hybridized carbons (Fsp3) is 0.450. The highest BCUT2D eigenvalue weighted by molar-refractivity contribution is 7.17. The van der Waals surface area contributed by atoms with Crippen molar-refractivity contribution < 1.29 is 0 Å². The molecular weight excluding hydrogens is 370 g/mol. The topological polar surface area (TPSA) is 53.3 Å². The van der Waals surface area contributed by atoms with Gasteiger partial charge >= 0.3 is 0 Å². The van der Waals surface area contributed by atoms with Gasteiger partial charge in [-0.25, -0.2) is 4.98 Å². The third kappa shape index (κ3) is 4.02. The van der Waals surface area contributed by atoms with Gasteiger partial charge in [0.25, 0.3) is 0 Å². The molecule has 3 aromatic rings. The van der Waals surface area contributed by atoms with Crippen molar-refractivity contribution in [1.29, 1.82) is 0 Å². The van der Waals surface area contributed by atoms with Crippen molar-refractivity contribution >= 4 is 22.3 Å². The average molecular weight is 398 g/mol. The van der Waals surface area contributed by atoms with E-state index in [1.54, 1.807) is 11.3 Å². The monoisotopic (exact) mass is 397 g/mol. The van der Waals surface area contributed by atoms with Crippen LogP contribution in [0.3, 0.4) is 0 Å². The summed E-state index contributed by atoms with van der Waals surface area (Å²) in [4.78, 5) is 11.6. The minimum absolute atomic E-state index is 0.920. The first-order chi connectivity index (χ1) is 13.8. The van der Waals surface area contributed by atoms with Crippen molar-refractivity contribution in [2.75, 3.05) is 49.1 Å². The predicted octanol–water partition coefficient (Wildman–Crippen LogP) is 2.89. The molecule has 148 valence electrons. The molecule has 0 N–H and O–H groups in total. The van der Waals surface area contributed by atoms with Crippen molar-refractivity contribution in [3.05, 3.63) is 48.4 Å². The lowest BCUT2D eigenvalue weighted by Gasteiger charge is -2.35. The molecule has 1 fully saturated rings. The lowest BCUT2D eigenvalue weighted by molar-refractivity contribution is 0.245. The quantitative estimate of drug-likeness (QED) is 0.611. The van der Waals surface area contributed by atoms with E-state index >= 15 is 0 Å². The lowest BCUT2D eigenvalue weighted by Crippen LogP contribution is -2.46. The van der Waals surface area contributed by atoms with Gasteiger partial charge in [0.05, 0.1) is 0 Å². The summed E-state index contributed by atoms with van der Waals surface area (Å²) >= 11 is 1.65. The summed E-state index contributed by atoms with van der Waals surface area (Å²) in [5.74, 6) is 1.07. The number of aromatic nitrogens is 4. The normalized spacial score (nSPS) is 15.1. The lowest BCUT2D eigenvalue weighted by atomic mass is 10.3. The third-order valence-electron chi connectivity index (χ3n) is 5.21. The first kappa shape index (κ1) is 18.9. The van der Waals surface area contributed by atoms with E-state index in [0.717, 1.165) is 61.9 Å². The SMILES string of the molecule is CCN(CC)c1nnc(-n2cccc2CN2CCN(c3ccccn3)CC2)s1. The van der Waals surface area contributed by atoms with Gasteiger partial charge in [0, 0.05) is 63.9 Å². The number of hydrogen-bond donors (Lipinski definition) is 0. The fourth-order valence-corrected chi connectivity index (χ4v) is 4.55. The Morgan fingerprint density at radius 2 is 1.82 bits per heavy atom. The summed E-state index contributed by atoms with van der Waals surface area (Å²) in [6.45, 7) is 11.2. The molecule has 0 unspecified atom stereocenters. The first-order valence-electron chi connectivity index (χ1n) is 9.92. The molecule has 0 bridgehead atoms. The third-order valence-corrected chi connectivity index (χ3v) is 6.19. The van der Waals surface area contributed by atoms with E-state index in [1.165, 1.54) is 5.69 Å². The van der Waals surface area contributed by atoms with Gasteiger partial charge in [0.1, 0.15) is 5.82 Å². The van der Waals surface area contributed by atoms with Gasteiger partial charge in [0.2, 0.25) is 10.3 Å². The number of hydrogen-bond acceptors (Lipinski definition) is 7. The van der Waals surface area contributed by atoms with Crippen molar-refractivity contribution in [2.45, 2.75) is 20.4 Å². The molecule has 0 aliphatic carbocycles. The number of piperazine rings is 1. The molecule has 0 saturated carbocycles. The molecule has 1 aliphatic heterocycles. The summed E-state index contributed by atoms with van der Waals surface area (Å²) in [6, 6.07) is 10.4. The maximum Gasteiger partial charge on any atom is 0.218 e. The summed E-state index contributed by atoms with van der Waals surface area (Å²) in [6.07, 6.45) is 3.95. The fourth-order valence-electron chi connectivity index (χ4n) is 3.56. The zero-order valence-corrected chi connectivity index (χ0v) is 17.3. The van der Waals surface area contributed by atoms with Gasteiger partial charge in [-0.2, -0.15) is 0 Å². The van der Waals surface area contributed by atoms with Crippen LogP contribution in [0.25, 0.3) is 5.13 Å². The standard InChI is InChI=1S/C20H27N7S/c1-3-25(4-2)19-22-23-20(28-19)27-11-7-8-17(27)16-24-12-14-26(15-13-24)18-9-5-6-10-21-18/h5-11H,3-4,12-16H2,1-2H3. The molecule has 0 radical (unpaired) electrons. The maximum absolute atomic E-state index is 4.47. The smallest absolute Gasteiger partial charge is 0.218 e. The second-order valence-corrected chi connectivity index (χ2v) is 7.79. The molecule has 0 aromatic carbocycles. The summed E-state index contributed by atoms with van der Waals surface area (Å²) in [5.41, 5.74) is 1.26. The molecule has 4 rings (SSSR count). The van der Waals surface area contributed by atoms with Gasteiger partial charge in [-0.3, -0.25) is 9.47 Å². The molecule has 1 saturated heterocycles. The van der Waals surface area contributed by atoms with Crippen LogP contribution in [0.2, 0.25) is 0 Å².